The van der Waals surface area contributed by atoms with Crippen LogP contribution in [0.3, 0.4) is 0 Å². The molecule has 3 aliphatic heterocycles. The number of hydrogen-bond acceptors (Lipinski definition) is 4. The van der Waals surface area contributed by atoms with Gasteiger partial charge in [-0.25, -0.2) is 4.79 Å². The standard InChI is InChI=1S/C19H23N3O3/c1-12(2)22-17(24)19(16(23)20-18(22)25)11-13-7-3-4-8-14(13)21-10-6-5-9-15(19)21/h3-4,7-8,12,15H,5-6,9-11H2,1-2H3,(H,20,23,25)/t15-,19+/m0/s1. The van der Waals surface area contributed by atoms with Gasteiger partial charge in [-0.05, 0) is 51.2 Å². The molecule has 2 atom stereocenters. The van der Waals surface area contributed by atoms with Gasteiger partial charge in [0.25, 0.3) is 0 Å². The third-order valence-electron chi connectivity index (χ3n) is 5.80. The van der Waals surface area contributed by atoms with E-state index in [1.165, 1.54) is 4.90 Å². The van der Waals surface area contributed by atoms with Crippen LogP contribution in [0.2, 0.25) is 0 Å². The molecule has 4 amide bonds. The molecular weight excluding hydrogens is 318 g/mol. The molecule has 6 nitrogen and oxygen atoms in total. The number of nitrogens with one attached hydrogen (secondary N) is 1. The van der Waals surface area contributed by atoms with E-state index in [4.69, 9.17) is 0 Å². The molecule has 2 fully saturated rings. The van der Waals surface area contributed by atoms with Crippen LogP contribution in [0.25, 0.3) is 0 Å². The molecule has 0 unspecified atom stereocenters. The van der Waals surface area contributed by atoms with Crippen LogP contribution in [0.5, 0.6) is 0 Å². The number of anilines is 1. The number of para-hydroxylation sites is 1. The van der Waals surface area contributed by atoms with Crippen molar-refractivity contribution in [2.24, 2.45) is 5.41 Å². The van der Waals surface area contributed by atoms with Crippen LogP contribution in [0, 0.1) is 5.41 Å². The Morgan fingerprint density at radius 2 is 1.92 bits per heavy atom. The van der Waals surface area contributed by atoms with E-state index >= 15 is 0 Å². The summed E-state index contributed by atoms with van der Waals surface area (Å²) < 4.78 is 0. The predicted molar refractivity (Wildman–Crippen MR) is 93.1 cm³/mol. The highest BCUT2D eigenvalue weighted by Crippen LogP contribution is 2.47. The Morgan fingerprint density at radius 1 is 1.16 bits per heavy atom. The highest BCUT2D eigenvalue weighted by atomic mass is 16.2. The highest BCUT2D eigenvalue weighted by Gasteiger charge is 2.62. The van der Waals surface area contributed by atoms with Crippen molar-refractivity contribution in [1.82, 2.24) is 10.2 Å². The van der Waals surface area contributed by atoms with Crippen molar-refractivity contribution in [3.05, 3.63) is 29.8 Å². The summed E-state index contributed by atoms with van der Waals surface area (Å²) in [5, 5.41) is 2.47. The van der Waals surface area contributed by atoms with Crippen LogP contribution in [0.1, 0.15) is 38.7 Å². The number of barbiturate groups is 1. The fourth-order valence-corrected chi connectivity index (χ4v) is 4.68. The van der Waals surface area contributed by atoms with Crippen LogP contribution in [-0.2, 0) is 16.0 Å². The minimum absolute atomic E-state index is 0.196. The first-order valence-electron chi connectivity index (χ1n) is 9.00. The number of nitrogens with zero attached hydrogens (tertiary/aromatic N) is 2. The quantitative estimate of drug-likeness (QED) is 0.794. The molecule has 0 aromatic heterocycles. The largest absolute Gasteiger partial charge is 0.367 e. The number of urea groups is 1. The first kappa shape index (κ1) is 16.1. The van der Waals surface area contributed by atoms with E-state index < -0.39 is 17.4 Å². The van der Waals surface area contributed by atoms with Gasteiger partial charge in [0.2, 0.25) is 11.8 Å². The maximum atomic E-state index is 13.4. The molecule has 25 heavy (non-hydrogen) atoms. The summed E-state index contributed by atoms with van der Waals surface area (Å²) in [5.74, 6) is -0.784. The van der Waals surface area contributed by atoms with Gasteiger partial charge >= 0.3 is 6.03 Å². The number of carbonyl (C=O) groups is 3. The molecule has 0 bridgehead atoms. The molecule has 2 saturated heterocycles. The van der Waals surface area contributed by atoms with Gasteiger partial charge < -0.3 is 4.90 Å². The van der Waals surface area contributed by atoms with Crippen molar-refractivity contribution >= 4 is 23.5 Å². The van der Waals surface area contributed by atoms with Gasteiger partial charge in [-0.3, -0.25) is 19.8 Å². The molecule has 1 aromatic rings. The second-order valence-electron chi connectivity index (χ2n) is 7.51. The smallest absolute Gasteiger partial charge is 0.331 e. The van der Waals surface area contributed by atoms with Crippen LogP contribution >= 0.6 is 0 Å². The van der Waals surface area contributed by atoms with Gasteiger partial charge in [0.15, 0.2) is 5.41 Å². The summed E-state index contributed by atoms with van der Waals surface area (Å²) in [6.07, 6.45) is 3.17. The van der Waals surface area contributed by atoms with Gasteiger partial charge in [0.1, 0.15) is 0 Å². The minimum atomic E-state index is -1.22. The number of benzene rings is 1. The topological polar surface area (TPSA) is 69.7 Å². The summed E-state index contributed by atoms with van der Waals surface area (Å²) in [7, 11) is 0. The maximum Gasteiger partial charge on any atom is 0.331 e. The number of piperidine rings is 1. The van der Waals surface area contributed by atoms with Crippen molar-refractivity contribution in [3.63, 3.8) is 0 Å². The molecule has 132 valence electrons. The number of fused-ring (bicyclic) bond motifs is 4. The van der Waals surface area contributed by atoms with E-state index in [2.05, 4.69) is 16.3 Å². The van der Waals surface area contributed by atoms with E-state index in [1.807, 2.05) is 18.2 Å². The second-order valence-corrected chi connectivity index (χ2v) is 7.51. The Kier molecular flexibility index (Phi) is 3.60. The summed E-state index contributed by atoms with van der Waals surface area (Å²) >= 11 is 0. The van der Waals surface area contributed by atoms with Crippen molar-refractivity contribution in [2.45, 2.75) is 51.6 Å². The molecular formula is C19H23N3O3. The Hall–Kier alpha value is -2.37. The SMILES string of the molecule is CC(C)N1C(=O)NC(=O)[C@]2(Cc3ccccc3N3CCCC[C@H]32)C1=O. The first-order valence-corrected chi connectivity index (χ1v) is 9.00. The Bertz CT molecular complexity index is 760. The lowest BCUT2D eigenvalue weighted by Gasteiger charge is -2.54. The van der Waals surface area contributed by atoms with E-state index in [-0.39, 0.29) is 18.0 Å². The average Bonchev–Trinajstić information content (AvgIpc) is 2.59. The zero-order chi connectivity index (χ0) is 17.8. The Morgan fingerprint density at radius 3 is 2.68 bits per heavy atom. The molecule has 1 spiro atoms. The summed E-state index contributed by atoms with van der Waals surface area (Å²) in [4.78, 5) is 42.2. The summed E-state index contributed by atoms with van der Waals surface area (Å²) in [6.45, 7) is 4.44. The molecule has 3 aliphatic rings. The summed E-state index contributed by atoms with van der Waals surface area (Å²) in [6, 6.07) is 6.90. The van der Waals surface area contributed by atoms with E-state index in [0.717, 1.165) is 37.1 Å². The highest BCUT2D eigenvalue weighted by molar-refractivity contribution is 6.20. The van der Waals surface area contributed by atoms with Gasteiger partial charge in [0.05, 0.1) is 6.04 Å². The van der Waals surface area contributed by atoms with Crippen molar-refractivity contribution in [2.75, 3.05) is 11.4 Å². The number of hydrogen-bond donors (Lipinski definition) is 1. The number of imide groups is 2. The molecule has 0 saturated carbocycles. The molecule has 1 aromatic carbocycles. The maximum absolute atomic E-state index is 13.4. The number of carbonyl (C=O) groups excluding carboxylic acids is 3. The zero-order valence-electron chi connectivity index (χ0n) is 14.6. The van der Waals surface area contributed by atoms with Crippen LogP contribution in [0.15, 0.2) is 24.3 Å². The van der Waals surface area contributed by atoms with Crippen LogP contribution in [-0.4, -0.2) is 41.4 Å². The molecule has 0 aliphatic carbocycles. The van der Waals surface area contributed by atoms with Crippen LogP contribution in [0.4, 0.5) is 10.5 Å². The van der Waals surface area contributed by atoms with Gasteiger partial charge in [-0.15, -0.1) is 0 Å². The van der Waals surface area contributed by atoms with Crippen molar-refractivity contribution in [3.8, 4) is 0 Å². The fraction of sp³-hybridized carbons (Fsp3) is 0.526. The average molecular weight is 341 g/mol. The van der Waals surface area contributed by atoms with E-state index in [0.29, 0.717) is 6.42 Å². The molecule has 0 radical (unpaired) electrons. The van der Waals surface area contributed by atoms with Gasteiger partial charge in [0, 0.05) is 18.3 Å². The zero-order valence-corrected chi connectivity index (χ0v) is 14.6. The van der Waals surface area contributed by atoms with Gasteiger partial charge in [-0.1, -0.05) is 18.2 Å². The van der Waals surface area contributed by atoms with Gasteiger partial charge in [-0.2, -0.15) is 0 Å². The Labute approximate surface area is 147 Å². The summed E-state index contributed by atoms with van der Waals surface area (Å²) in [5.41, 5.74) is 0.904. The molecule has 3 heterocycles. The normalized spacial score (nSPS) is 28.9. The van der Waals surface area contributed by atoms with Crippen LogP contribution < -0.4 is 10.2 Å². The second kappa shape index (κ2) is 5.58. The lowest BCUT2D eigenvalue weighted by molar-refractivity contribution is -0.155. The van der Waals surface area contributed by atoms with Crippen molar-refractivity contribution < 1.29 is 14.4 Å². The predicted octanol–water partition coefficient (Wildman–Crippen LogP) is 2.07. The number of rotatable bonds is 1. The Balaban J connectivity index is 1.88. The lowest BCUT2D eigenvalue weighted by Crippen LogP contribution is -2.73. The third kappa shape index (κ3) is 2.12. The van der Waals surface area contributed by atoms with Crippen molar-refractivity contribution in [1.29, 1.82) is 0 Å². The van der Waals surface area contributed by atoms with E-state index in [1.54, 1.807) is 13.8 Å². The molecule has 1 N–H and O–H groups in total. The fourth-order valence-electron chi connectivity index (χ4n) is 4.68. The third-order valence-corrected chi connectivity index (χ3v) is 5.80. The first-order chi connectivity index (χ1) is 12.0. The minimum Gasteiger partial charge on any atom is -0.367 e. The molecule has 4 rings (SSSR count). The monoisotopic (exact) mass is 341 g/mol. The van der Waals surface area contributed by atoms with E-state index in [9.17, 15) is 14.4 Å². The molecule has 6 heteroatoms. The lowest BCUT2D eigenvalue weighted by atomic mass is 9.66. The number of amides is 4.